The Labute approximate surface area is 130 Å². The molecule has 0 spiro atoms. The maximum absolute atomic E-state index is 11.8. The van der Waals surface area contributed by atoms with Gasteiger partial charge in [0.25, 0.3) is 5.91 Å². The molecule has 2 aromatic rings. The van der Waals surface area contributed by atoms with E-state index in [2.05, 4.69) is 21.2 Å². The van der Waals surface area contributed by atoms with Gasteiger partial charge in [0.15, 0.2) is 11.3 Å². The van der Waals surface area contributed by atoms with Crippen LogP contribution in [0.2, 0.25) is 0 Å². The molecule has 0 fully saturated rings. The number of hydrogen-bond acceptors (Lipinski definition) is 4. The lowest BCUT2D eigenvalue weighted by Gasteiger charge is -2.09. The average molecular weight is 352 g/mol. The second-order valence-electron chi connectivity index (χ2n) is 4.24. The minimum Gasteiger partial charge on any atom is -0.450 e. The van der Waals surface area contributed by atoms with E-state index in [9.17, 15) is 9.59 Å². The number of ether oxygens (including phenoxy) is 1. The lowest BCUT2D eigenvalue weighted by atomic mass is 10.1. The zero-order valence-corrected chi connectivity index (χ0v) is 13.0. The summed E-state index contributed by atoms with van der Waals surface area (Å²) in [5.41, 5.74) is 1.74. The van der Waals surface area contributed by atoms with Gasteiger partial charge in [0.1, 0.15) is 0 Å². The van der Waals surface area contributed by atoms with Gasteiger partial charge in [-0.15, -0.1) is 0 Å². The van der Waals surface area contributed by atoms with Crippen LogP contribution in [0.5, 0.6) is 0 Å². The predicted octanol–water partition coefficient (Wildman–Crippen LogP) is 3.40. The molecule has 1 aromatic heterocycles. The standard InChI is InChI=1S/C15H14BrNO4/c1-2-10-5-3-4-6-11(10)17-14(18)9-20-15(19)12-7-8-13(16)21-12/h3-8H,2,9H2,1H3,(H,17,18). The molecule has 6 heteroatoms. The first-order valence-electron chi connectivity index (χ1n) is 6.40. The Morgan fingerprint density at radius 3 is 2.67 bits per heavy atom. The number of amides is 1. The lowest BCUT2D eigenvalue weighted by Crippen LogP contribution is -2.21. The van der Waals surface area contributed by atoms with Crippen LogP contribution in [-0.4, -0.2) is 18.5 Å². The predicted molar refractivity (Wildman–Crippen MR) is 81.1 cm³/mol. The quantitative estimate of drug-likeness (QED) is 0.838. The third kappa shape index (κ3) is 4.19. The van der Waals surface area contributed by atoms with Gasteiger partial charge in [-0.3, -0.25) is 4.79 Å². The topological polar surface area (TPSA) is 68.5 Å². The van der Waals surface area contributed by atoms with Crippen molar-refractivity contribution in [3.8, 4) is 0 Å². The third-order valence-electron chi connectivity index (χ3n) is 2.78. The second kappa shape index (κ2) is 7.08. The van der Waals surface area contributed by atoms with Gasteiger partial charge in [-0.1, -0.05) is 25.1 Å². The summed E-state index contributed by atoms with van der Waals surface area (Å²) in [4.78, 5) is 23.4. The molecule has 0 aliphatic carbocycles. The number of halogens is 1. The van der Waals surface area contributed by atoms with Crippen molar-refractivity contribution in [2.75, 3.05) is 11.9 Å². The average Bonchev–Trinajstić information content (AvgIpc) is 2.92. The summed E-state index contributed by atoms with van der Waals surface area (Å²) in [5, 5.41) is 2.72. The van der Waals surface area contributed by atoms with E-state index < -0.39 is 11.9 Å². The Morgan fingerprint density at radius 2 is 2.00 bits per heavy atom. The molecule has 2 rings (SSSR count). The second-order valence-corrected chi connectivity index (χ2v) is 5.02. The van der Waals surface area contributed by atoms with Crippen LogP contribution in [0.1, 0.15) is 23.0 Å². The Hall–Kier alpha value is -2.08. The summed E-state index contributed by atoms with van der Waals surface area (Å²) >= 11 is 3.09. The van der Waals surface area contributed by atoms with Gasteiger partial charge < -0.3 is 14.5 Å². The minimum absolute atomic E-state index is 0.0450. The van der Waals surface area contributed by atoms with Crippen LogP contribution in [0.3, 0.4) is 0 Å². The van der Waals surface area contributed by atoms with Crippen molar-refractivity contribution < 1.29 is 18.7 Å². The molecule has 110 valence electrons. The van der Waals surface area contributed by atoms with E-state index in [-0.39, 0.29) is 12.4 Å². The number of carbonyl (C=O) groups is 2. The SMILES string of the molecule is CCc1ccccc1NC(=O)COC(=O)c1ccc(Br)o1. The van der Waals surface area contributed by atoms with Crippen LogP contribution in [0, 0.1) is 0 Å². The molecule has 1 amide bonds. The summed E-state index contributed by atoms with van der Waals surface area (Å²) in [6.45, 7) is 1.63. The van der Waals surface area contributed by atoms with Crippen molar-refractivity contribution in [3.63, 3.8) is 0 Å². The number of furan rings is 1. The fourth-order valence-electron chi connectivity index (χ4n) is 1.76. The molecule has 0 saturated heterocycles. The molecular formula is C15H14BrNO4. The van der Waals surface area contributed by atoms with Gasteiger partial charge >= 0.3 is 5.97 Å². The van der Waals surface area contributed by atoms with E-state index in [0.29, 0.717) is 4.67 Å². The maximum atomic E-state index is 11.8. The molecule has 0 unspecified atom stereocenters. The van der Waals surface area contributed by atoms with Crippen molar-refractivity contribution in [1.82, 2.24) is 0 Å². The zero-order chi connectivity index (χ0) is 15.2. The van der Waals surface area contributed by atoms with Gasteiger partial charge in [-0.25, -0.2) is 4.79 Å². The molecule has 1 aromatic carbocycles. The molecule has 1 heterocycles. The molecule has 0 aliphatic heterocycles. The molecule has 0 atom stereocenters. The summed E-state index contributed by atoms with van der Waals surface area (Å²) in [7, 11) is 0. The van der Waals surface area contributed by atoms with Crippen LogP contribution in [-0.2, 0) is 16.0 Å². The van der Waals surface area contributed by atoms with Gasteiger partial charge in [0.05, 0.1) is 0 Å². The number of hydrogen-bond donors (Lipinski definition) is 1. The van der Waals surface area contributed by atoms with E-state index in [0.717, 1.165) is 17.7 Å². The van der Waals surface area contributed by atoms with E-state index in [1.54, 1.807) is 6.07 Å². The Morgan fingerprint density at radius 1 is 1.24 bits per heavy atom. The van der Waals surface area contributed by atoms with E-state index in [1.165, 1.54) is 6.07 Å². The van der Waals surface area contributed by atoms with Gasteiger partial charge in [0.2, 0.25) is 5.76 Å². The van der Waals surface area contributed by atoms with Crippen LogP contribution in [0.4, 0.5) is 5.69 Å². The molecule has 0 radical (unpaired) electrons. The number of carbonyl (C=O) groups excluding carboxylic acids is 2. The number of benzene rings is 1. The third-order valence-corrected chi connectivity index (χ3v) is 3.21. The van der Waals surface area contributed by atoms with Crippen molar-refractivity contribution in [3.05, 3.63) is 52.4 Å². The highest BCUT2D eigenvalue weighted by Crippen LogP contribution is 2.16. The smallest absolute Gasteiger partial charge is 0.374 e. The van der Waals surface area contributed by atoms with E-state index >= 15 is 0 Å². The highest BCUT2D eigenvalue weighted by molar-refractivity contribution is 9.10. The van der Waals surface area contributed by atoms with Crippen molar-refractivity contribution in [2.45, 2.75) is 13.3 Å². The number of anilines is 1. The van der Waals surface area contributed by atoms with E-state index in [1.807, 2.05) is 31.2 Å². The maximum Gasteiger partial charge on any atom is 0.374 e. The molecular weight excluding hydrogens is 338 g/mol. The van der Waals surface area contributed by atoms with Crippen LogP contribution >= 0.6 is 15.9 Å². The molecule has 0 aliphatic rings. The minimum atomic E-state index is -0.681. The Kier molecular flexibility index (Phi) is 5.16. The van der Waals surface area contributed by atoms with Crippen molar-refractivity contribution in [1.29, 1.82) is 0 Å². The molecule has 0 saturated carbocycles. The molecule has 0 bridgehead atoms. The fraction of sp³-hybridized carbons (Fsp3) is 0.200. The Bertz CT molecular complexity index is 651. The number of para-hydroxylation sites is 1. The van der Waals surface area contributed by atoms with Crippen molar-refractivity contribution in [2.24, 2.45) is 0 Å². The van der Waals surface area contributed by atoms with Crippen LogP contribution in [0.15, 0.2) is 45.5 Å². The van der Waals surface area contributed by atoms with Gasteiger partial charge in [0, 0.05) is 5.69 Å². The normalized spacial score (nSPS) is 10.2. The monoisotopic (exact) mass is 351 g/mol. The first-order valence-corrected chi connectivity index (χ1v) is 7.19. The molecule has 5 nitrogen and oxygen atoms in total. The first-order chi connectivity index (χ1) is 10.1. The van der Waals surface area contributed by atoms with Crippen LogP contribution in [0.25, 0.3) is 0 Å². The number of esters is 1. The van der Waals surface area contributed by atoms with E-state index in [4.69, 9.17) is 9.15 Å². The highest BCUT2D eigenvalue weighted by Gasteiger charge is 2.14. The lowest BCUT2D eigenvalue weighted by molar-refractivity contribution is -0.119. The number of aryl methyl sites for hydroxylation is 1. The Balaban J connectivity index is 1.89. The molecule has 1 N–H and O–H groups in total. The van der Waals surface area contributed by atoms with Crippen molar-refractivity contribution >= 4 is 33.5 Å². The van der Waals surface area contributed by atoms with Crippen LogP contribution < -0.4 is 5.32 Å². The zero-order valence-electron chi connectivity index (χ0n) is 11.4. The first kappa shape index (κ1) is 15.3. The fourth-order valence-corrected chi connectivity index (χ4v) is 2.07. The molecule has 21 heavy (non-hydrogen) atoms. The summed E-state index contributed by atoms with van der Waals surface area (Å²) in [6.07, 6.45) is 0.802. The number of rotatable bonds is 5. The summed E-state index contributed by atoms with van der Waals surface area (Å²) < 4.78 is 10.4. The summed E-state index contributed by atoms with van der Waals surface area (Å²) in [6, 6.07) is 10.5. The highest BCUT2D eigenvalue weighted by atomic mass is 79.9. The summed E-state index contributed by atoms with van der Waals surface area (Å²) in [5.74, 6) is -1.03. The van der Waals surface area contributed by atoms with Gasteiger partial charge in [-0.2, -0.15) is 0 Å². The largest absolute Gasteiger partial charge is 0.450 e. The number of nitrogens with one attached hydrogen (secondary N) is 1. The van der Waals surface area contributed by atoms with Gasteiger partial charge in [-0.05, 0) is 46.1 Å².